The fourth-order valence-corrected chi connectivity index (χ4v) is 0.319. The summed E-state index contributed by atoms with van der Waals surface area (Å²) >= 11 is 0. The summed E-state index contributed by atoms with van der Waals surface area (Å²) in [5.41, 5.74) is 4.88. The molecule has 0 rings (SSSR count). The Balaban J connectivity index is 0. The summed E-state index contributed by atoms with van der Waals surface area (Å²) < 4.78 is 4.58. The maximum atomic E-state index is 10.6. The molecule has 0 radical (unpaired) electrons. The zero-order chi connectivity index (χ0) is 12.4. The summed E-state index contributed by atoms with van der Waals surface area (Å²) in [6, 6.07) is 0. The maximum absolute atomic E-state index is 10.6. The molecule has 1 amide bonds. The Labute approximate surface area is 89.2 Å². The number of aliphatic hydroxyl groups excluding tert-OH is 1. The molecule has 0 aromatic carbocycles. The molecule has 0 spiro atoms. The second-order valence-corrected chi connectivity index (χ2v) is 2.83. The van der Waals surface area contributed by atoms with Gasteiger partial charge in [0.25, 0.3) is 0 Å². The Hall–Kier alpha value is -1.62. The Kier molecular flexibility index (Phi) is 9.45. The van der Waals surface area contributed by atoms with Gasteiger partial charge in [-0.1, -0.05) is 13.2 Å². The Bertz CT molecular complexity index is 246. The number of hydrogen-bond acceptors (Lipinski definition) is 4. The molecule has 0 bridgehead atoms. The number of esters is 1. The van der Waals surface area contributed by atoms with Crippen LogP contribution in [0.4, 0.5) is 0 Å². The molecule has 0 aliphatic carbocycles. The first-order valence-corrected chi connectivity index (χ1v) is 4.23. The van der Waals surface area contributed by atoms with E-state index in [1.54, 1.807) is 13.8 Å². The van der Waals surface area contributed by atoms with E-state index in [2.05, 4.69) is 23.6 Å². The first-order chi connectivity index (χ1) is 6.81. The molecule has 0 saturated heterocycles. The van der Waals surface area contributed by atoms with E-state index in [4.69, 9.17) is 5.11 Å². The second kappa shape index (κ2) is 8.96. The van der Waals surface area contributed by atoms with Gasteiger partial charge in [0.1, 0.15) is 6.61 Å². The Morgan fingerprint density at radius 3 is 2.20 bits per heavy atom. The molecule has 0 aliphatic rings. The summed E-state index contributed by atoms with van der Waals surface area (Å²) in [5.74, 6) is -0.939. The van der Waals surface area contributed by atoms with Crippen molar-refractivity contribution in [3.8, 4) is 0 Å². The van der Waals surface area contributed by atoms with Crippen LogP contribution in [0, 0.1) is 0 Å². The van der Waals surface area contributed by atoms with Crippen LogP contribution < -0.4 is 5.73 Å². The predicted molar refractivity (Wildman–Crippen MR) is 56.8 cm³/mol. The summed E-state index contributed by atoms with van der Waals surface area (Å²) in [6.07, 6.45) is 0.447. The molecule has 0 fully saturated rings. The lowest BCUT2D eigenvalue weighted by Crippen LogP contribution is -2.15. The largest absolute Gasteiger partial charge is 0.460 e. The zero-order valence-corrected chi connectivity index (χ0v) is 9.03. The number of carbonyl (C=O) groups is 2. The molecule has 0 aromatic heterocycles. The fourth-order valence-electron chi connectivity index (χ4n) is 0.319. The van der Waals surface area contributed by atoms with Gasteiger partial charge in [-0.3, -0.25) is 4.79 Å². The van der Waals surface area contributed by atoms with E-state index in [9.17, 15) is 9.59 Å². The Morgan fingerprint density at radius 2 is 2.00 bits per heavy atom. The molecule has 0 heterocycles. The van der Waals surface area contributed by atoms with E-state index >= 15 is 0 Å². The van der Waals surface area contributed by atoms with Crippen LogP contribution in [0.15, 0.2) is 24.8 Å². The van der Waals surface area contributed by atoms with Crippen molar-refractivity contribution in [2.24, 2.45) is 5.73 Å². The highest BCUT2D eigenvalue weighted by atomic mass is 16.5. The number of nitrogens with two attached hydrogens (primary N) is 1. The van der Waals surface area contributed by atoms with Gasteiger partial charge in [-0.05, 0) is 19.9 Å². The van der Waals surface area contributed by atoms with Gasteiger partial charge in [0.05, 0.1) is 6.10 Å². The van der Waals surface area contributed by atoms with Crippen molar-refractivity contribution in [1.82, 2.24) is 0 Å². The number of hydrogen-bond donors (Lipinski definition) is 2. The minimum absolute atomic E-state index is 0.0334. The van der Waals surface area contributed by atoms with Crippen molar-refractivity contribution in [2.45, 2.75) is 20.0 Å². The number of amides is 1. The molecule has 0 aromatic rings. The summed E-state index contributed by atoms with van der Waals surface area (Å²) in [7, 11) is 0. The monoisotopic (exact) mass is 215 g/mol. The van der Waals surface area contributed by atoms with Gasteiger partial charge >= 0.3 is 5.97 Å². The molecular weight excluding hydrogens is 198 g/mol. The molecule has 3 N–H and O–H groups in total. The van der Waals surface area contributed by atoms with E-state index in [0.717, 1.165) is 6.08 Å². The average Bonchev–Trinajstić information content (AvgIpc) is 2.14. The van der Waals surface area contributed by atoms with E-state index in [1.165, 1.54) is 0 Å². The van der Waals surface area contributed by atoms with Gasteiger partial charge in [-0.15, -0.1) is 0 Å². The quantitative estimate of drug-likeness (QED) is 0.515. The number of aliphatic hydroxyl groups is 1. The average molecular weight is 215 g/mol. The third-order valence-corrected chi connectivity index (χ3v) is 1.01. The van der Waals surface area contributed by atoms with Crippen LogP contribution in [-0.4, -0.2) is 29.7 Å². The summed E-state index contributed by atoms with van der Waals surface area (Å²) in [6.45, 7) is 9.60. The minimum atomic E-state index is -0.608. The van der Waals surface area contributed by atoms with Crippen molar-refractivity contribution < 1.29 is 19.4 Å². The van der Waals surface area contributed by atoms with Gasteiger partial charge < -0.3 is 15.6 Å². The van der Waals surface area contributed by atoms with Crippen molar-refractivity contribution >= 4 is 11.9 Å². The van der Waals surface area contributed by atoms with Crippen LogP contribution in [0.2, 0.25) is 0 Å². The molecule has 15 heavy (non-hydrogen) atoms. The number of ether oxygens (including phenoxy) is 1. The smallest absolute Gasteiger partial charge is 0.333 e. The third-order valence-electron chi connectivity index (χ3n) is 1.01. The second-order valence-electron chi connectivity index (χ2n) is 2.83. The van der Waals surface area contributed by atoms with E-state index < -0.39 is 18.0 Å². The SMILES string of the molecule is C=C(C)C(=O)OCC(C)O.C=CC(N)=O. The number of carbonyl (C=O) groups excluding carboxylic acids is 2. The standard InChI is InChI=1S/C7H12O3.C3H5NO/c1-5(2)7(9)10-4-6(3)8;1-2-3(4)5/h6,8H,1,4H2,2-3H3;2H,1H2,(H2,4,5). The summed E-state index contributed by atoms with van der Waals surface area (Å²) in [4.78, 5) is 20.1. The Morgan fingerprint density at radius 1 is 1.60 bits per heavy atom. The maximum Gasteiger partial charge on any atom is 0.333 e. The lowest BCUT2D eigenvalue weighted by Gasteiger charge is -2.04. The topological polar surface area (TPSA) is 89.6 Å². The van der Waals surface area contributed by atoms with Crippen LogP contribution in [-0.2, 0) is 14.3 Å². The van der Waals surface area contributed by atoms with Crippen LogP contribution in [0.5, 0.6) is 0 Å². The molecule has 5 heteroatoms. The third kappa shape index (κ3) is 15.2. The van der Waals surface area contributed by atoms with Gasteiger partial charge in [-0.2, -0.15) is 0 Å². The van der Waals surface area contributed by atoms with Crippen LogP contribution >= 0.6 is 0 Å². The van der Waals surface area contributed by atoms with Crippen molar-refractivity contribution in [3.05, 3.63) is 24.8 Å². The molecule has 5 nitrogen and oxygen atoms in total. The van der Waals surface area contributed by atoms with Gasteiger partial charge in [0.15, 0.2) is 0 Å². The molecule has 0 saturated carbocycles. The predicted octanol–water partition coefficient (Wildman–Crippen LogP) is 0.144. The van der Waals surface area contributed by atoms with Crippen LogP contribution in [0.25, 0.3) is 0 Å². The van der Waals surface area contributed by atoms with E-state index in [1.807, 2.05) is 0 Å². The lowest BCUT2D eigenvalue weighted by atomic mass is 10.3. The highest BCUT2D eigenvalue weighted by molar-refractivity contribution is 5.86. The molecule has 1 unspecified atom stereocenters. The fraction of sp³-hybridized carbons (Fsp3) is 0.400. The van der Waals surface area contributed by atoms with Crippen LogP contribution in [0.3, 0.4) is 0 Å². The van der Waals surface area contributed by atoms with Crippen molar-refractivity contribution in [3.63, 3.8) is 0 Å². The first-order valence-electron chi connectivity index (χ1n) is 4.23. The zero-order valence-electron chi connectivity index (χ0n) is 9.03. The number of rotatable bonds is 4. The van der Waals surface area contributed by atoms with Crippen molar-refractivity contribution in [2.75, 3.05) is 6.61 Å². The summed E-state index contributed by atoms with van der Waals surface area (Å²) in [5, 5.41) is 8.68. The molecule has 86 valence electrons. The lowest BCUT2D eigenvalue weighted by molar-refractivity contribution is -0.141. The normalized spacial score (nSPS) is 10.3. The van der Waals surface area contributed by atoms with Gasteiger partial charge in [-0.25, -0.2) is 4.79 Å². The van der Waals surface area contributed by atoms with Crippen LogP contribution in [0.1, 0.15) is 13.8 Å². The number of primary amides is 1. The highest BCUT2D eigenvalue weighted by Gasteiger charge is 2.03. The van der Waals surface area contributed by atoms with Gasteiger partial charge in [0.2, 0.25) is 5.91 Å². The van der Waals surface area contributed by atoms with E-state index in [-0.39, 0.29) is 6.61 Å². The molecular formula is C10H17NO4. The molecule has 1 atom stereocenters. The van der Waals surface area contributed by atoms with E-state index in [0.29, 0.717) is 5.57 Å². The van der Waals surface area contributed by atoms with Gasteiger partial charge in [0, 0.05) is 5.57 Å². The highest BCUT2D eigenvalue weighted by Crippen LogP contribution is 1.92. The minimum Gasteiger partial charge on any atom is -0.460 e. The first kappa shape index (κ1) is 15.8. The molecule has 0 aliphatic heterocycles. The van der Waals surface area contributed by atoms with Crippen molar-refractivity contribution in [1.29, 1.82) is 0 Å².